The van der Waals surface area contributed by atoms with E-state index in [2.05, 4.69) is 74.4 Å². The van der Waals surface area contributed by atoms with E-state index in [4.69, 9.17) is 18.9 Å². The molecule has 0 spiro atoms. The molecule has 11 heteroatoms. The van der Waals surface area contributed by atoms with Crippen molar-refractivity contribution in [1.82, 2.24) is 4.57 Å². The number of benzene rings is 4. The highest BCUT2D eigenvalue weighted by molar-refractivity contribution is 14.1. The minimum atomic E-state index is -0.783. The van der Waals surface area contributed by atoms with Gasteiger partial charge in [-0.1, -0.05) is 59.9 Å². The monoisotopic (exact) mass is 872 g/mol. The molecular formula is C36H30I2N2O6S. The second-order valence-electron chi connectivity index (χ2n) is 10.5. The van der Waals surface area contributed by atoms with Crippen LogP contribution in [-0.2, 0) is 16.1 Å². The molecule has 0 saturated carbocycles. The molecule has 1 atom stereocenters. The highest BCUT2D eigenvalue weighted by Crippen LogP contribution is 2.35. The highest BCUT2D eigenvalue weighted by Gasteiger charge is 2.31. The molecule has 1 aliphatic heterocycles. The van der Waals surface area contributed by atoms with E-state index in [0.29, 0.717) is 52.0 Å². The van der Waals surface area contributed by atoms with Gasteiger partial charge >= 0.3 is 5.97 Å². The number of ether oxygens (including phenoxy) is 4. The van der Waals surface area contributed by atoms with Gasteiger partial charge in [-0.05, 0) is 111 Å². The molecular weight excluding hydrogens is 842 g/mol. The topological polar surface area (TPSA) is 88.4 Å². The lowest BCUT2D eigenvalue weighted by molar-refractivity contribution is -0.136. The van der Waals surface area contributed by atoms with Gasteiger partial charge in [0, 0.05) is 15.3 Å². The largest absolute Gasteiger partial charge is 0.490 e. The molecule has 6 rings (SSSR count). The molecule has 240 valence electrons. The summed E-state index contributed by atoms with van der Waals surface area (Å²) in [6.07, 6.45) is 3.32. The zero-order valence-electron chi connectivity index (χ0n) is 25.8. The SMILES string of the molecule is CCOc1ccc([C@@H]2C(C(=O)OC)=CN=c3s/c(=C/c4cc(I)cc(I)c4OCc4cccc5ccccc45)c(=O)n32)cc1OCC. The Balaban J connectivity index is 1.45. The summed E-state index contributed by atoms with van der Waals surface area (Å²) in [5.74, 6) is 1.22. The standard InChI is InChI=1S/C36H30I2N2O6S/c1-4-44-29-14-13-22(16-30(29)45-5-2)32-27(35(42)43-3)19-39-36-40(32)34(41)31(47-36)17-24-15-25(37)18-28(38)33(24)46-20-23-11-8-10-21-9-6-7-12-26(21)23/h6-19,32H,4-5,20H2,1-3H3/b31-17+/t32-/m1/s1. The van der Waals surface area contributed by atoms with Gasteiger partial charge in [-0.25, -0.2) is 9.79 Å². The quantitative estimate of drug-likeness (QED) is 0.114. The Kier molecular flexibility index (Phi) is 10.3. The third-order valence-corrected chi connectivity index (χ3v) is 10.0. The van der Waals surface area contributed by atoms with Crippen LogP contribution in [0.3, 0.4) is 0 Å². The number of carbonyl (C=O) groups excluding carboxylic acids is 1. The van der Waals surface area contributed by atoms with E-state index < -0.39 is 12.0 Å². The summed E-state index contributed by atoms with van der Waals surface area (Å²) in [6, 6.07) is 23.1. The van der Waals surface area contributed by atoms with E-state index in [-0.39, 0.29) is 11.1 Å². The first kappa shape index (κ1) is 33.2. The summed E-state index contributed by atoms with van der Waals surface area (Å²) in [5, 5.41) is 2.28. The predicted molar refractivity (Wildman–Crippen MR) is 200 cm³/mol. The molecule has 4 aromatic carbocycles. The van der Waals surface area contributed by atoms with Crippen molar-refractivity contribution >= 4 is 79.3 Å². The van der Waals surface area contributed by atoms with E-state index in [1.165, 1.54) is 24.6 Å². The Bertz CT molecular complexity index is 2200. The number of methoxy groups -OCH3 is 1. The second-order valence-corrected chi connectivity index (χ2v) is 13.9. The number of hydrogen-bond acceptors (Lipinski definition) is 8. The molecule has 1 aromatic heterocycles. The van der Waals surface area contributed by atoms with Gasteiger partial charge in [0.05, 0.1) is 40.0 Å². The molecule has 0 aliphatic carbocycles. The molecule has 0 N–H and O–H groups in total. The molecule has 0 radical (unpaired) electrons. The minimum Gasteiger partial charge on any atom is -0.490 e. The van der Waals surface area contributed by atoms with E-state index in [0.717, 1.165) is 29.0 Å². The van der Waals surface area contributed by atoms with Crippen molar-refractivity contribution in [1.29, 1.82) is 0 Å². The van der Waals surface area contributed by atoms with Crippen LogP contribution >= 0.6 is 56.5 Å². The van der Waals surface area contributed by atoms with Crippen molar-refractivity contribution < 1.29 is 23.7 Å². The predicted octanol–water partition coefficient (Wildman–Crippen LogP) is 6.76. The molecule has 2 heterocycles. The summed E-state index contributed by atoms with van der Waals surface area (Å²) in [5.41, 5.74) is 2.46. The van der Waals surface area contributed by atoms with Crippen LogP contribution in [0, 0.1) is 7.14 Å². The van der Waals surface area contributed by atoms with E-state index in [9.17, 15) is 9.59 Å². The number of thiazole rings is 1. The van der Waals surface area contributed by atoms with Gasteiger partial charge in [0.15, 0.2) is 16.3 Å². The van der Waals surface area contributed by atoms with Crippen LogP contribution in [0.1, 0.15) is 36.6 Å². The first-order chi connectivity index (χ1) is 22.8. The van der Waals surface area contributed by atoms with Crippen molar-refractivity contribution in [3.63, 3.8) is 0 Å². The normalized spacial score (nSPS) is 14.3. The fourth-order valence-corrected chi connectivity index (χ4v) is 8.54. The number of nitrogens with zero attached hydrogens (tertiary/aromatic N) is 2. The van der Waals surface area contributed by atoms with Crippen molar-refractivity contribution in [2.75, 3.05) is 20.3 Å². The van der Waals surface area contributed by atoms with Crippen molar-refractivity contribution in [3.8, 4) is 17.2 Å². The van der Waals surface area contributed by atoms with E-state index in [1.54, 1.807) is 16.7 Å². The van der Waals surface area contributed by atoms with Crippen LogP contribution in [0.4, 0.5) is 0 Å². The Morgan fingerprint density at radius 3 is 2.51 bits per heavy atom. The first-order valence-electron chi connectivity index (χ1n) is 14.9. The van der Waals surface area contributed by atoms with Gasteiger partial charge in [0.2, 0.25) is 0 Å². The first-order valence-corrected chi connectivity index (χ1v) is 17.9. The smallest absolute Gasteiger partial charge is 0.337 e. The number of carbonyl (C=O) groups is 1. The fourth-order valence-electron chi connectivity index (χ4n) is 5.54. The zero-order chi connectivity index (χ0) is 33.1. The summed E-state index contributed by atoms with van der Waals surface area (Å²) < 4.78 is 27.2. The number of fused-ring (bicyclic) bond motifs is 2. The van der Waals surface area contributed by atoms with Gasteiger partial charge < -0.3 is 18.9 Å². The van der Waals surface area contributed by atoms with Crippen molar-refractivity contribution in [2.24, 2.45) is 4.99 Å². The summed E-state index contributed by atoms with van der Waals surface area (Å²) in [6.45, 7) is 5.03. The van der Waals surface area contributed by atoms with Gasteiger partial charge in [0.25, 0.3) is 5.56 Å². The molecule has 0 amide bonds. The molecule has 5 aromatic rings. The fraction of sp³-hybridized carbons (Fsp3) is 0.194. The number of esters is 1. The van der Waals surface area contributed by atoms with Crippen LogP contribution in [0.5, 0.6) is 17.2 Å². The Labute approximate surface area is 302 Å². The number of hydrogen-bond donors (Lipinski definition) is 0. The van der Waals surface area contributed by atoms with Gasteiger partial charge in [0.1, 0.15) is 12.4 Å². The lowest BCUT2D eigenvalue weighted by Crippen LogP contribution is -2.39. The second kappa shape index (κ2) is 14.6. The maximum Gasteiger partial charge on any atom is 0.337 e. The third-order valence-electron chi connectivity index (χ3n) is 7.58. The van der Waals surface area contributed by atoms with Crippen LogP contribution in [-0.4, -0.2) is 30.9 Å². The molecule has 0 bridgehead atoms. The molecule has 1 aliphatic rings. The lowest BCUT2D eigenvalue weighted by atomic mass is 9.97. The van der Waals surface area contributed by atoms with Gasteiger partial charge in [-0.2, -0.15) is 0 Å². The highest BCUT2D eigenvalue weighted by atomic mass is 127. The zero-order valence-corrected chi connectivity index (χ0v) is 30.9. The molecule has 0 fully saturated rings. The summed E-state index contributed by atoms with van der Waals surface area (Å²) >= 11 is 5.80. The van der Waals surface area contributed by atoms with Crippen LogP contribution in [0.25, 0.3) is 16.8 Å². The maximum atomic E-state index is 14.2. The summed E-state index contributed by atoms with van der Waals surface area (Å²) in [7, 11) is 1.31. The molecule has 0 unspecified atom stereocenters. The number of rotatable bonds is 10. The van der Waals surface area contributed by atoms with Crippen LogP contribution in [0.15, 0.2) is 94.4 Å². The van der Waals surface area contributed by atoms with Crippen LogP contribution in [0.2, 0.25) is 0 Å². The minimum absolute atomic E-state index is 0.237. The summed E-state index contributed by atoms with van der Waals surface area (Å²) in [4.78, 5) is 32.2. The average molecular weight is 873 g/mol. The Hall–Kier alpha value is -3.69. The Morgan fingerprint density at radius 2 is 1.72 bits per heavy atom. The van der Waals surface area contributed by atoms with E-state index in [1.807, 2.05) is 56.3 Å². The van der Waals surface area contributed by atoms with E-state index >= 15 is 0 Å². The number of halogens is 2. The lowest BCUT2D eigenvalue weighted by Gasteiger charge is -2.23. The average Bonchev–Trinajstić information content (AvgIpc) is 3.39. The Morgan fingerprint density at radius 1 is 0.957 bits per heavy atom. The van der Waals surface area contributed by atoms with Crippen molar-refractivity contribution in [3.05, 3.63) is 128 Å². The number of aromatic nitrogens is 1. The van der Waals surface area contributed by atoms with Crippen LogP contribution < -0.4 is 29.1 Å². The molecule has 0 saturated heterocycles. The maximum absolute atomic E-state index is 14.2. The third kappa shape index (κ3) is 6.83. The van der Waals surface area contributed by atoms with Gasteiger partial charge in [-0.3, -0.25) is 9.36 Å². The van der Waals surface area contributed by atoms with Crippen molar-refractivity contribution in [2.45, 2.75) is 26.5 Å². The van der Waals surface area contributed by atoms with Gasteiger partial charge in [-0.15, -0.1) is 0 Å². The molecule has 8 nitrogen and oxygen atoms in total. The molecule has 47 heavy (non-hydrogen) atoms.